The van der Waals surface area contributed by atoms with Crippen LogP contribution in [0.3, 0.4) is 0 Å². The third-order valence-corrected chi connectivity index (χ3v) is 5.21. The van der Waals surface area contributed by atoms with Crippen LogP contribution in [0.15, 0.2) is 0 Å². The van der Waals surface area contributed by atoms with Crippen LogP contribution < -0.4 is 10.6 Å². The van der Waals surface area contributed by atoms with Gasteiger partial charge in [0.25, 0.3) is 0 Å². The monoisotopic (exact) mass is 512 g/mol. The molecule has 0 spiro atoms. The molecule has 0 bridgehead atoms. The highest BCUT2D eigenvalue weighted by molar-refractivity contribution is 5.75. The molecule has 0 fully saturated rings. The molecular formula is C22H44N2O11. The molecule has 2 amide bonds. The van der Waals surface area contributed by atoms with Crippen molar-refractivity contribution in [1.82, 2.24) is 10.6 Å². The number of hydrogen-bond donors (Lipinski definition) is 8. The molecule has 0 saturated carbocycles. The van der Waals surface area contributed by atoms with E-state index in [1.54, 1.807) is 0 Å². The number of aliphatic hydroxyl groups is 6. The summed E-state index contributed by atoms with van der Waals surface area (Å²) in [5.41, 5.74) is -1.13. The highest BCUT2D eigenvalue weighted by Gasteiger charge is 2.35. The van der Waals surface area contributed by atoms with Crippen LogP contribution in [-0.2, 0) is 19.0 Å². The predicted molar refractivity (Wildman–Crippen MR) is 125 cm³/mol. The highest BCUT2D eigenvalue weighted by Crippen LogP contribution is 2.22. The smallest absolute Gasteiger partial charge is 0.314 e. The largest absolute Gasteiger partial charge is 0.394 e. The summed E-state index contributed by atoms with van der Waals surface area (Å²) in [7, 11) is 0. The summed E-state index contributed by atoms with van der Waals surface area (Å²) >= 11 is 0. The SMILES string of the molecule is CC(=O)CCCCCNC(=O)NCC(COC(CO)CO)(COC(CO)CO)COC(CO)CO. The zero-order chi connectivity index (χ0) is 26.5. The van der Waals surface area contributed by atoms with Gasteiger partial charge in [-0.05, 0) is 19.8 Å². The van der Waals surface area contributed by atoms with Crippen LogP contribution in [0, 0.1) is 5.41 Å². The number of rotatable bonds is 23. The van der Waals surface area contributed by atoms with E-state index in [4.69, 9.17) is 14.2 Å². The first-order chi connectivity index (χ1) is 16.8. The van der Waals surface area contributed by atoms with Crippen molar-refractivity contribution in [1.29, 1.82) is 0 Å². The molecule has 0 aromatic rings. The van der Waals surface area contributed by atoms with Gasteiger partial charge in [-0.2, -0.15) is 0 Å². The Morgan fingerprint density at radius 3 is 1.49 bits per heavy atom. The molecule has 0 radical (unpaired) electrons. The summed E-state index contributed by atoms with van der Waals surface area (Å²) < 4.78 is 16.7. The molecule has 8 N–H and O–H groups in total. The van der Waals surface area contributed by atoms with Crippen molar-refractivity contribution in [2.75, 3.05) is 72.6 Å². The highest BCUT2D eigenvalue weighted by atomic mass is 16.5. The fourth-order valence-corrected chi connectivity index (χ4v) is 2.86. The first-order valence-electron chi connectivity index (χ1n) is 11.8. The van der Waals surface area contributed by atoms with Crippen molar-refractivity contribution in [3.05, 3.63) is 0 Å². The Labute approximate surface area is 206 Å². The lowest BCUT2D eigenvalue weighted by molar-refractivity contribution is -0.138. The summed E-state index contributed by atoms with van der Waals surface area (Å²) in [5, 5.41) is 61.4. The lowest BCUT2D eigenvalue weighted by atomic mass is 9.90. The average Bonchev–Trinajstić information content (AvgIpc) is 2.86. The summed E-state index contributed by atoms with van der Waals surface area (Å²) in [6, 6.07) is -0.483. The second kappa shape index (κ2) is 20.7. The first-order valence-corrected chi connectivity index (χ1v) is 11.8. The topological polar surface area (TPSA) is 207 Å². The Kier molecular flexibility index (Phi) is 19.9. The number of carbonyl (C=O) groups excluding carboxylic acids is 2. The van der Waals surface area contributed by atoms with Gasteiger partial charge in [0.05, 0.1) is 64.9 Å². The number of nitrogens with one attached hydrogen (secondary N) is 2. The van der Waals surface area contributed by atoms with Gasteiger partial charge < -0.3 is 60.3 Å². The molecule has 0 aliphatic carbocycles. The van der Waals surface area contributed by atoms with Gasteiger partial charge in [-0.3, -0.25) is 0 Å². The van der Waals surface area contributed by atoms with Gasteiger partial charge >= 0.3 is 6.03 Å². The molecular weight excluding hydrogens is 468 g/mol. The molecule has 35 heavy (non-hydrogen) atoms. The second-order valence-electron chi connectivity index (χ2n) is 8.52. The lowest BCUT2D eigenvalue weighted by Crippen LogP contribution is -2.51. The van der Waals surface area contributed by atoms with E-state index in [1.807, 2.05) is 0 Å². The summed E-state index contributed by atoms with van der Waals surface area (Å²) in [6.07, 6.45) is 0.0139. The number of ether oxygens (including phenoxy) is 3. The van der Waals surface area contributed by atoms with Crippen LogP contribution in [-0.4, -0.2) is 133 Å². The molecule has 0 unspecified atom stereocenters. The maximum atomic E-state index is 12.3. The molecule has 208 valence electrons. The summed E-state index contributed by atoms with van der Waals surface area (Å²) in [4.78, 5) is 23.3. The number of urea groups is 1. The Bertz CT molecular complexity index is 501. The third-order valence-electron chi connectivity index (χ3n) is 5.21. The van der Waals surface area contributed by atoms with E-state index in [1.165, 1.54) is 6.92 Å². The molecule has 0 aromatic heterocycles. The standard InChI is InChI=1S/C22H44N2O11/c1-17(31)5-3-2-4-6-23-21(32)24-13-22(14-33-18(7-25)8-26,15-34-19(9-27)10-28)16-35-20(11-29)12-30/h18-20,25-30H,2-16H2,1H3,(H2,23,24,32). The first kappa shape index (κ1) is 33.6. The molecule has 0 aromatic carbocycles. The van der Waals surface area contributed by atoms with Gasteiger partial charge in [0.15, 0.2) is 0 Å². The minimum atomic E-state index is -1.13. The van der Waals surface area contributed by atoms with Gasteiger partial charge in [-0.25, -0.2) is 4.79 Å². The van der Waals surface area contributed by atoms with Crippen LogP contribution in [0.4, 0.5) is 4.79 Å². The van der Waals surface area contributed by atoms with E-state index in [2.05, 4.69) is 10.6 Å². The summed E-state index contributed by atoms with van der Waals surface area (Å²) in [6.45, 7) is -1.41. The van der Waals surface area contributed by atoms with Crippen molar-refractivity contribution >= 4 is 11.8 Å². The Hall–Kier alpha value is -1.42. The number of ketones is 1. The van der Waals surface area contributed by atoms with E-state index < -0.39 is 69.4 Å². The van der Waals surface area contributed by atoms with Gasteiger partial charge in [0, 0.05) is 19.5 Å². The van der Waals surface area contributed by atoms with Crippen molar-refractivity contribution in [2.45, 2.75) is 50.9 Å². The Morgan fingerprint density at radius 2 is 1.11 bits per heavy atom. The van der Waals surface area contributed by atoms with Crippen molar-refractivity contribution in [3.8, 4) is 0 Å². The zero-order valence-corrected chi connectivity index (χ0v) is 20.6. The number of aliphatic hydroxyl groups excluding tert-OH is 6. The molecule has 0 aliphatic heterocycles. The number of hydrogen-bond acceptors (Lipinski definition) is 11. The molecule has 0 heterocycles. The number of Topliss-reactive ketones (excluding diaryl/α,β-unsaturated/α-hetero) is 1. The van der Waals surface area contributed by atoms with Gasteiger partial charge in [0.2, 0.25) is 0 Å². The zero-order valence-electron chi connectivity index (χ0n) is 20.6. The quantitative estimate of drug-likeness (QED) is 0.0673. The van der Waals surface area contributed by atoms with E-state index >= 15 is 0 Å². The molecule has 13 nitrogen and oxygen atoms in total. The Morgan fingerprint density at radius 1 is 0.686 bits per heavy atom. The van der Waals surface area contributed by atoms with Crippen molar-refractivity contribution in [2.24, 2.45) is 5.41 Å². The van der Waals surface area contributed by atoms with Crippen LogP contribution in [0.5, 0.6) is 0 Å². The maximum absolute atomic E-state index is 12.3. The van der Waals surface area contributed by atoms with E-state index in [0.717, 1.165) is 12.8 Å². The normalized spacial score (nSPS) is 12.1. The molecule has 0 rings (SSSR count). The molecule has 0 atom stereocenters. The van der Waals surface area contributed by atoms with Crippen LogP contribution in [0.2, 0.25) is 0 Å². The minimum absolute atomic E-state index is 0.0695. The van der Waals surface area contributed by atoms with Gasteiger partial charge in [-0.1, -0.05) is 6.42 Å². The van der Waals surface area contributed by atoms with Crippen molar-refractivity contribution < 1.29 is 54.4 Å². The van der Waals surface area contributed by atoms with Crippen LogP contribution in [0.1, 0.15) is 32.6 Å². The number of carbonyl (C=O) groups is 2. The summed E-state index contributed by atoms with van der Waals surface area (Å²) in [5.74, 6) is 0.123. The maximum Gasteiger partial charge on any atom is 0.314 e. The molecule has 0 saturated heterocycles. The van der Waals surface area contributed by atoms with Gasteiger partial charge in [-0.15, -0.1) is 0 Å². The van der Waals surface area contributed by atoms with E-state index in [0.29, 0.717) is 19.4 Å². The fraction of sp³-hybridized carbons (Fsp3) is 0.909. The minimum Gasteiger partial charge on any atom is -0.394 e. The fourth-order valence-electron chi connectivity index (χ4n) is 2.86. The number of unbranched alkanes of at least 4 members (excludes halogenated alkanes) is 2. The third kappa shape index (κ3) is 16.0. The van der Waals surface area contributed by atoms with Crippen LogP contribution in [0.25, 0.3) is 0 Å². The van der Waals surface area contributed by atoms with Crippen LogP contribution >= 0.6 is 0 Å². The van der Waals surface area contributed by atoms with E-state index in [-0.39, 0.29) is 32.1 Å². The second-order valence-corrected chi connectivity index (χ2v) is 8.52. The van der Waals surface area contributed by atoms with Gasteiger partial charge in [0.1, 0.15) is 24.1 Å². The van der Waals surface area contributed by atoms with E-state index in [9.17, 15) is 40.2 Å². The molecule has 0 aliphatic rings. The Balaban J connectivity index is 5.23. The number of amides is 2. The lowest BCUT2D eigenvalue weighted by Gasteiger charge is -2.36. The van der Waals surface area contributed by atoms with Crippen molar-refractivity contribution in [3.63, 3.8) is 0 Å². The molecule has 13 heteroatoms. The predicted octanol–water partition coefficient (Wildman–Crippen LogP) is -2.47. The average molecular weight is 513 g/mol.